The van der Waals surface area contributed by atoms with E-state index >= 15 is 0 Å². The Morgan fingerprint density at radius 3 is 2.43 bits per heavy atom. The normalized spacial score (nSPS) is 11.4. The number of halogens is 1. The highest BCUT2D eigenvalue weighted by molar-refractivity contribution is 7.10. The first kappa shape index (κ1) is 19.5. The van der Waals surface area contributed by atoms with E-state index < -0.39 is 5.91 Å². The summed E-state index contributed by atoms with van der Waals surface area (Å²) in [4.78, 5) is 25.8. The maximum Gasteiger partial charge on any atom is 0.287 e. The van der Waals surface area contributed by atoms with Gasteiger partial charge in [0.1, 0.15) is 5.70 Å². The lowest BCUT2D eigenvalue weighted by Crippen LogP contribution is -2.32. The molecule has 5 nitrogen and oxygen atoms in total. The van der Waals surface area contributed by atoms with E-state index in [4.69, 9.17) is 11.6 Å². The summed E-state index contributed by atoms with van der Waals surface area (Å²) in [6, 6.07) is 19.5. The highest BCUT2D eigenvalue weighted by Crippen LogP contribution is 2.14. The molecule has 0 aliphatic carbocycles. The molecule has 3 rings (SSSR count). The van der Waals surface area contributed by atoms with Crippen LogP contribution in [0.2, 0.25) is 5.02 Å². The Morgan fingerprint density at radius 2 is 1.71 bits per heavy atom. The third-order valence-corrected chi connectivity index (χ3v) is 4.80. The molecule has 1 aromatic heterocycles. The van der Waals surface area contributed by atoms with Gasteiger partial charge in [-0.1, -0.05) is 54.1 Å². The van der Waals surface area contributed by atoms with Crippen molar-refractivity contribution in [1.29, 1.82) is 0 Å². The van der Waals surface area contributed by atoms with Crippen molar-refractivity contribution in [3.05, 3.63) is 98.8 Å². The monoisotopic (exact) mass is 409 g/mol. The number of hydrogen-bond donors (Lipinski definition) is 2. The predicted molar refractivity (Wildman–Crippen MR) is 113 cm³/mol. The minimum atomic E-state index is -0.541. The molecule has 0 bridgehead atoms. The van der Waals surface area contributed by atoms with Gasteiger partial charge in [0, 0.05) is 21.0 Å². The van der Waals surface area contributed by atoms with Crippen LogP contribution in [0.15, 0.2) is 82.9 Å². The Bertz CT molecular complexity index is 1020. The summed E-state index contributed by atoms with van der Waals surface area (Å²) < 4.78 is 0. The van der Waals surface area contributed by atoms with Gasteiger partial charge in [-0.3, -0.25) is 9.59 Å². The van der Waals surface area contributed by atoms with Crippen LogP contribution in [0.25, 0.3) is 6.08 Å². The second-order valence-electron chi connectivity index (χ2n) is 5.61. The Balaban J connectivity index is 1.76. The summed E-state index contributed by atoms with van der Waals surface area (Å²) in [7, 11) is 0. The van der Waals surface area contributed by atoms with Crippen LogP contribution in [-0.2, 0) is 4.79 Å². The molecule has 7 heteroatoms. The lowest BCUT2D eigenvalue weighted by Gasteiger charge is -2.08. The molecular formula is C21H16ClN3O2S. The van der Waals surface area contributed by atoms with Gasteiger partial charge in [0.2, 0.25) is 0 Å². The number of nitrogens with one attached hydrogen (secondary N) is 2. The van der Waals surface area contributed by atoms with E-state index in [0.717, 1.165) is 4.88 Å². The number of amides is 2. The molecule has 0 aliphatic heterocycles. The van der Waals surface area contributed by atoms with Gasteiger partial charge in [0.15, 0.2) is 0 Å². The van der Waals surface area contributed by atoms with Crippen molar-refractivity contribution in [2.24, 2.45) is 5.10 Å². The zero-order valence-electron chi connectivity index (χ0n) is 14.6. The number of carbonyl (C=O) groups is 2. The van der Waals surface area contributed by atoms with Gasteiger partial charge >= 0.3 is 0 Å². The van der Waals surface area contributed by atoms with Gasteiger partial charge in [-0.05, 0) is 35.7 Å². The molecule has 140 valence electrons. The van der Waals surface area contributed by atoms with Crippen molar-refractivity contribution in [2.45, 2.75) is 0 Å². The Kier molecular flexibility index (Phi) is 6.73. The topological polar surface area (TPSA) is 70.6 Å². The average Bonchev–Trinajstić information content (AvgIpc) is 3.22. The van der Waals surface area contributed by atoms with Crippen LogP contribution in [0.4, 0.5) is 0 Å². The number of carbonyl (C=O) groups excluding carboxylic acids is 2. The fourth-order valence-electron chi connectivity index (χ4n) is 2.26. The molecule has 0 radical (unpaired) electrons. The minimum absolute atomic E-state index is 0.0904. The van der Waals surface area contributed by atoms with Gasteiger partial charge in [-0.25, -0.2) is 5.43 Å². The standard InChI is InChI=1S/C21H16ClN3O2S/c22-18-11-5-4-9-16(18)14-23-25-21(27)19(13-17-10-6-12-28-17)24-20(26)15-7-2-1-3-8-15/h1-14H,(H,24,26)(H,25,27)/b19-13+,23-14+. The summed E-state index contributed by atoms with van der Waals surface area (Å²) in [6.07, 6.45) is 3.05. The molecule has 0 fully saturated rings. The number of benzene rings is 2. The molecule has 3 aromatic rings. The van der Waals surface area contributed by atoms with Crippen molar-refractivity contribution < 1.29 is 9.59 Å². The maximum absolute atomic E-state index is 12.6. The molecule has 0 atom stereocenters. The largest absolute Gasteiger partial charge is 0.317 e. The molecule has 0 unspecified atom stereocenters. The average molecular weight is 410 g/mol. The Hall–Kier alpha value is -3.22. The SMILES string of the molecule is O=C(N/N=C/c1ccccc1Cl)/C(=C\c1cccs1)NC(=O)c1ccccc1. The molecule has 2 aromatic carbocycles. The van der Waals surface area contributed by atoms with Crippen LogP contribution in [0.3, 0.4) is 0 Å². The number of hydrazone groups is 1. The fraction of sp³-hybridized carbons (Fsp3) is 0. The zero-order chi connectivity index (χ0) is 19.8. The molecule has 2 N–H and O–H groups in total. The lowest BCUT2D eigenvalue weighted by molar-refractivity contribution is -0.117. The number of thiophene rings is 1. The summed E-state index contributed by atoms with van der Waals surface area (Å²) in [5.41, 5.74) is 3.63. The molecular weight excluding hydrogens is 394 g/mol. The highest BCUT2D eigenvalue weighted by Gasteiger charge is 2.14. The van der Waals surface area contributed by atoms with Crippen molar-refractivity contribution in [1.82, 2.24) is 10.7 Å². The number of hydrogen-bond acceptors (Lipinski definition) is 4. The second-order valence-corrected chi connectivity index (χ2v) is 7.00. The van der Waals surface area contributed by atoms with Crippen LogP contribution < -0.4 is 10.7 Å². The Morgan fingerprint density at radius 1 is 0.964 bits per heavy atom. The first-order chi connectivity index (χ1) is 13.6. The minimum Gasteiger partial charge on any atom is -0.317 e. The molecule has 0 saturated heterocycles. The summed E-state index contributed by atoms with van der Waals surface area (Å²) in [6.45, 7) is 0. The van der Waals surface area contributed by atoms with Crippen LogP contribution in [0.1, 0.15) is 20.8 Å². The van der Waals surface area contributed by atoms with Gasteiger partial charge in [0.25, 0.3) is 11.8 Å². The van der Waals surface area contributed by atoms with E-state index in [0.29, 0.717) is 16.1 Å². The van der Waals surface area contributed by atoms with Crippen molar-refractivity contribution >= 4 is 47.0 Å². The van der Waals surface area contributed by atoms with Crippen molar-refractivity contribution in [3.8, 4) is 0 Å². The third kappa shape index (κ3) is 5.39. The van der Waals surface area contributed by atoms with Gasteiger partial charge in [0.05, 0.1) is 6.21 Å². The first-order valence-corrected chi connectivity index (χ1v) is 9.59. The zero-order valence-corrected chi connectivity index (χ0v) is 16.2. The summed E-state index contributed by atoms with van der Waals surface area (Å²) in [5.74, 6) is -0.922. The van der Waals surface area contributed by atoms with Gasteiger partial charge in [-0.2, -0.15) is 5.10 Å². The highest BCUT2D eigenvalue weighted by atomic mass is 35.5. The molecule has 2 amide bonds. The molecule has 0 spiro atoms. The molecule has 1 heterocycles. The third-order valence-electron chi connectivity index (χ3n) is 3.63. The quantitative estimate of drug-likeness (QED) is 0.361. The number of nitrogens with zero attached hydrogens (tertiary/aromatic N) is 1. The van der Waals surface area contributed by atoms with Gasteiger partial charge in [-0.15, -0.1) is 11.3 Å². The lowest BCUT2D eigenvalue weighted by atomic mass is 10.2. The van der Waals surface area contributed by atoms with Crippen LogP contribution in [-0.4, -0.2) is 18.0 Å². The Labute approximate surface area is 171 Å². The van der Waals surface area contributed by atoms with E-state index in [1.54, 1.807) is 48.5 Å². The number of rotatable bonds is 6. The van der Waals surface area contributed by atoms with E-state index in [1.165, 1.54) is 17.6 Å². The van der Waals surface area contributed by atoms with Crippen LogP contribution >= 0.6 is 22.9 Å². The first-order valence-electron chi connectivity index (χ1n) is 8.33. The van der Waals surface area contributed by atoms with Crippen LogP contribution in [0, 0.1) is 0 Å². The van der Waals surface area contributed by atoms with E-state index in [1.807, 2.05) is 29.6 Å². The molecule has 0 aliphatic rings. The molecule has 0 saturated carbocycles. The van der Waals surface area contributed by atoms with E-state index in [2.05, 4.69) is 15.8 Å². The van der Waals surface area contributed by atoms with Gasteiger partial charge < -0.3 is 5.32 Å². The molecule has 28 heavy (non-hydrogen) atoms. The second kappa shape index (κ2) is 9.64. The smallest absolute Gasteiger partial charge is 0.287 e. The van der Waals surface area contributed by atoms with E-state index in [-0.39, 0.29) is 11.6 Å². The predicted octanol–water partition coefficient (Wildman–Crippen LogP) is 4.32. The van der Waals surface area contributed by atoms with E-state index in [9.17, 15) is 9.59 Å². The van der Waals surface area contributed by atoms with Crippen LogP contribution in [0.5, 0.6) is 0 Å². The summed E-state index contributed by atoms with van der Waals surface area (Å²) in [5, 5.41) is 8.99. The van der Waals surface area contributed by atoms with Crippen molar-refractivity contribution in [2.75, 3.05) is 0 Å². The fourth-order valence-corrected chi connectivity index (χ4v) is 3.10. The maximum atomic E-state index is 12.6. The van der Waals surface area contributed by atoms with Crippen molar-refractivity contribution in [3.63, 3.8) is 0 Å². The summed E-state index contributed by atoms with van der Waals surface area (Å²) >= 11 is 7.51.